The summed E-state index contributed by atoms with van der Waals surface area (Å²) in [6, 6.07) is 0. The van der Waals surface area contributed by atoms with E-state index in [-0.39, 0.29) is 33.9 Å². The van der Waals surface area contributed by atoms with Crippen molar-refractivity contribution in [3.05, 3.63) is 23.8 Å². The van der Waals surface area contributed by atoms with Crippen LogP contribution in [0.25, 0.3) is 0 Å². The highest BCUT2D eigenvalue weighted by atomic mass is 16.4. The molecule has 5 rings (SSSR count). The molecule has 0 aliphatic heterocycles. The fourth-order valence-electron chi connectivity index (χ4n) is 10.2. The SMILES string of the molecule is C[C@@H]1CC[C@]2(C)CC[C@]3(C)C(=CC(=O)C4[C@@]5(C)C(O)C=C[C@](C)(C(=O)O)C5CC[C@]43C)C2[C@H]1C. The van der Waals surface area contributed by atoms with E-state index in [0.29, 0.717) is 17.8 Å². The summed E-state index contributed by atoms with van der Waals surface area (Å²) in [5.41, 5.74) is -0.672. The van der Waals surface area contributed by atoms with Crippen LogP contribution in [0.15, 0.2) is 23.8 Å². The van der Waals surface area contributed by atoms with E-state index in [2.05, 4.69) is 34.6 Å². The highest BCUT2D eigenvalue weighted by molar-refractivity contribution is 5.96. The van der Waals surface area contributed by atoms with Gasteiger partial charge in [-0.15, -0.1) is 0 Å². The van der Waals surface area contributed by atoms with Gasteiger partial charge in [-0.05, 0) is 91.4 Å². The second-order valence-electron chi connectivity index (χ2n) is 14.0. The number of hydrogen-bond acceptors (Lipinski definition) is 3. The van der Waals surface area contributed by atoms with Crippen LogP contribution in [0.3, 0.4) is 0 Å². The van der Waals surface area contributed by atoms with Crippen LogP contribution in [0.4, 0.5) is 0 Å². The summed E-state index contributed by atoms with van der Waals surface area (Å²) in [5, 5.41) is 21.6. The zero-order chi connectivity index (χ0) is 25.1. The minimum Gasteiger partial charge on any atom is -0.481 e. The number of carboxylic acid groups (broad SMARTS) is 1. The largest absolute Gasteiger partial charge is 0.481 e. The summed E-state index contributed by atoms with van der Waals surface area (Å²) in [6.45, 7) is 15.7. The van der Waals surface area contributed by atoms with E-state index in [1.807, 2.05) is 13.0 Å². The fourth-order valence-corrected chi connectivity index (χ4v) is 10.2. The van der Waals surface area contributed by atoms with E-state index in [0.717, 1.165) is 19.3 Å². The Morgan fingerprint density at radius 1 is 1.00 bits per heavy atom. The van der Waals surface area contributed by atoms with Crippen molar-refractivity contribution in [1.29, 1.82) is 0 Å². The molecule has 4 nitrogen and oxygen atoms in total. The Morgan fingerprint density at radius 2 is 1.68 bits per heavy atom. The van der Waals surface area contributed by atoms with E-state index in [9.17, 15) is 19.8 Å². The number of rotatable bonds is 1. The number of carbonyl (C=O) groups excluding carboxylic acids is 1. The van der Waals surface area contributed by atoms with Gasteiger partial charge in [-0.1, -0.05) is 59.3 Å². The molecule has 0 radical (unpaired) electrons. The van der Waals surface area contributed by atoms with Crippen LogP contribution >= 0.6 is 0 Å². The Hall–Kier alpha value is -1.42. The molecule has 0 spiro atoms. The third-order valence-electron chi connectivity index (χ3n) is 12.8. The summed E-state index contributed by atoms with van der Waals surface area (Å²) < 4.78 is 0. The van der Waals surface area contributed by atoms with Gasteiger partial charge in [-0.25, -0.2) is 0 Å². The van der Waals surface area contributed by atoms with Crippen molar-refractivity contribution in [1.82, 2.24) is 0 Å². The van der Waals surface area contributed by atoms with Crippen molar-refractivity contribution in [3.8, 4) is 0 Å². The number of hydrogen-bond donors (Lipinski definition) is 2. The summed E-state index contributed by atoms with van der Waals surface area (Å²) in [4.78, 5) is 26.6. The van der Waals surface area contributed by atoms with Crippen LogP contribution < -0.4 is 0 Å². The van der Waals surface area contributed by atoms with Gasteiger partial charge in [-0.3, -0.25) is 9.59 Å². The van der Waals surface area contributed by atoms with Gasteiger partial charge in [0.1, 0.15) is 0 Å². The van der Waals surface area contributed by atoms with Crippen molar-refractivity contribution in [2.24, 2.45) is 56.7 Å². The average molecular weight is 469 g/mol. The first kappa shape index (κ1) is 24.3. The number of fused-ring (bicyclic) bond motifs is 7. The number of aliphatic hydroxyl groups excluding tert-OH is 1. The molecule has 0 heterocycles. The molecule has 4 unspecified atom stereocenters. The lowest BCUT2D eigenvalue weighted by molar-refractivity contribution is -0.200. The Labute approximate surface area is 205 Å². The van der Waals surface area contributed by atoms with E-state index in [1.165, 1.54) is 24.8 Å². The van der Waals surface area contributed by atoms with Gasteiger partial charge in [0.2, 0.25) is 0 Å². The molecule has 0 aromatic rings. The minimum atomic E-state index is -1.07. The molecule has 0 saturated heterocycles. The maximum atomic E-state index is 14.2. The highest BCUT2D eigenvalue weighted by Crippen LogP contribution is 2.74. The number of aliphatic hydroxyl groups is 1. The van der Waals surface area contributed by atoms with E-state index >= 15 is 0 Å². The van der Waals surface area contributed by atoms with Crippen LogP contribution in [-0.2, 0) is 9.59 Å². The first-order valence-electron chi connectivity index (χ1n) is 13.5. The topological polar surface area (TPSA) is 74.6 Å². The van der Waals surface area contributed by atoms with Crippen molar-refractivity contribution in [3.63, 3.8) is 0 Å². The predicted octanol–water partition coefficient (Wildman–Crippen LogP) is 6.04. The lowest BCUT2D eigenvalue weighted by Gasteiger charge is -2.70. The van der Waals surface area contributed by atoms with Gasteiger partial charge < -0.3 is 10.2 Å². The number of carbonyl (C=O) groups is 2. The first-order chi connectivity index (χ1) is 15.7. The molecule has 11 atom stereocenters. The molecule has 4 heteroatoms. The summed E-state index contributed by atoms with van der Waals surface area (Å²) in [7, 11) is 0. The Bertz CT molecular complexity index is 996. The zero-order valence-corrected chi connectivity index (χ0v) is 22.1. The summed E-state index contributed by atoms with van der Waals surface area (Å²) >= 11 is 0. The second kappa shape index (κ2) is 7.08. The van der Waals surface area contributed by atoms with Gasteiger partial charge in [0.15, 0.2) is 5.78 Å². The molecule has 5 aliphatic carbocycles. The minimum absolute atomic E-state index is 0.116. The molecule has 0 aromatic carbocycles. The number of aliphatic carboxylic acids is 1. The number of carboxylic acids is 1. The molecule has 0 amide bonds. The van der Waals surface area contributed by atoms with Crippen molar-refractivity contribution in [2.45, 2.75) is 93.1 Å². The third kappa shape index (κ3) is 2.64. The maximum Gasteiger partial charge on any atom is 0.313 e. The van der Waals surface area contributed by atoms with Crippen LogP contribution in [0.2, 0.25) is 0 Å². The molecule has 2 N–H and O–H groups in total. The summed E-state index contributed by atoms with van der Waals surface area (Å²) in [6.07, 6.45) is 10.8. The molecular weight excluding hydrogens is 424 g/mol. The monoisotopic (exact) mass is 468 g/mol. The molecular formula is C30H44O4. The van der Waals surface area contributed by atoms with Gasteiger partial charge in [0, 0.05) is 11.3 Å². The second-order valence-corrected chi connectivity index (χ2v) is 14.0. The van der Waals surface area contributed by atoms with Crippen molar-refractivity contribution in [2.75, 3.05) is 0 Å². The quantitative estimate of drug-likeness (QED) is 0.460. The van der Waals surface area contributed by atoms with E-state index < -0.39 is 22.9 Å². The molecule has 3 fully saturated rings. The average Bonchev–Trinajstić information content (AvgIpc) is 2.75. The predicted molar refractivity (Wildman–Crippen MR) is 133 cm³/mol. The molecule has 3 saturated carbocycles. The van der Waals surface area contributed by atoms with E-state index in [4.69, 9.17) is 0 Å². The van der Waals surface area contributed by atoms with Gasteiger partial charge in [-0.2, -0.15) is 0 Å². The van der Waals surface area contributed by atoms with Crippen LogP contribution in [0.1, 0.15) is 87.0 Å². The van der Waals surface area contributed by atoms with Crippen molar-refractivity contribution >= 4 is 11.8 Å². The molecule has 5 aliphatic rings. The van der Waals surface area contributed by atoms with Crippen molar-refractivity contribution < 1.29 is 19.8 Å². The van der Waals surface area contributed by atoms with Crippen LogP contribution in [-0.4, -0.2) is 28.1 Å². The first-order valence-corrected chi connectivity index (χ1v) is 13.5. The number of allylic oxidation sites excluding steroid dienone is 2. The smallest absolute Gasteiger partial charge is 0.313 e. The normalized spacial score (nSPS) is 56.5. The Balaban J connectivity index is 1.68. The summed E-state index contributed by atoms with van der Waals surface area (Å²) in [5.74, 6) is 0.216. The molecule has 0 aromatic heterocycles. The maximum absolute atomic E-state index is 14.2. The lowest BCUT2D eigenvalue weighted by atomic mass is 9.33. The molecule has 0 bridgehead atoms. The Kier molecular flexibility index (Phi) is 5.06. The lowest BCUT2D eigenvalue weighted by Crippen LogP contribution is -2.68. The fraction of sp³-hybridized carbons (Fsp3) is 0.800. The number of ketones is 1. The highest BCUT2D eigenvalue weighted by Gasteiger charge is 2.71. The standard InChI is InChI=1S/C30H44O4/c1-17-8-11-26(3)14-15-28(5)19(23(26)18(17)2)16-20(31)24-29(28,6)13-9-21-27(4,25(33)34)12-10-22(32)30(21,24)7/h10,12,16-18,21-24,32H,8-9,11,13-15H2,1-7H3,(H,33,34)/t17-,18+,21?,22?,23?,24?,26-,27+,28-,29-,30-/m1/s1. The van der Waals surface area contributed by atoms with Crippen LogP contribution in [0, 0.1) is 56.7 Å². The van der Waals surface area contributed by atoms with E-state index in [1.54, 1.807) is 19.1 Å². The molecule has 188 valence electrons. The van der Waals surface area contributed by atoms with Gasteiger partial charge >= 0.3 is 5.97 Å². The van der Waals surface area contributed by atoms with Gasteiger partial charge in [0.05, 0.1) is 11.5 Å². The third-order valence-corrected chi connectivity index (χ3v) is 12.8. The molecule has 34 heavy (non-hydrogen) atoms. The zero-order valence-electron chi connectivity index (χ0n) is 22.1. The van der Waals surface area contributed by atoms with Gasteiger partial charge in [0.25, 0.3) is 0 Å². The van der Waals surface area contributed by atoms with Crippen LogP contribution in [0.5, 0.6) is 0 Å². The Morgan fingerprint density at radius 3 is 2.32 bits per heavy atom.